The molecule has 0 saturated heterocycles. The van der Waals surface area contributed by atoms with Gasteiger partial charge in [0.15, 0.2) is 5.60 Å². The number of rotatable bonds is 2. The van der Waals surface area contributed by atoms with Crippen LogP contribution in [0, 0.1) is 5.41 Å². The van der Waals surface area contributed by atoms with Crippen molar-refractivity contribution in [2.75, 3.05) is 0 Å². The zero-order valence-corrected chi connectivity index (χ0v) is 9.43. The summed E-state index contributed by atoms with van der Waals surface area (Å²) in [5, 5.41) is 10.4. The molecule has 0 rings (SSSR count). The van der Waals surface area contributed by atoms with E-state index < -0.39 is 0 Å². The van der Waals surface area contributed by atoms with Crippen LogP contribution in [-0.2, 0) is 9.31 Å². The van der Waals surface area contributed by atoms with E-state index in [0.717, 1.165) is 6.42 Å². The first-order chi connectivity index (χ1) is 5.73. The summed E-state index contributed by atoms with van der Waals surface area (Å²) in [5.74, 6) is 0.152. The van der Waals surface area contributed by atoms with E-state index >= 15 is 0 Å². The standard InChI is InChI=1S/C10H20O3/c1-7-10(5,6)12-8(13-11)9(2,3)4/h7H2,1-6H3. The fourth-order valence-electron chi connectivity index (χ4n) is 0.618. The molecule has 13 heavy (non-hydrogen) atoms. The molecular formula is C10H20O3. The quantitative estimate of drug-likeness (QED) is 0.286. The van der Waals surface area contributed by atoms with Crippen LogP contribution in [0.15, 0.2) is 0 Å². The maximum Gasteiger partial charge on any atom is 0.503 e. The smallest absolute Gasteiger partial charge is 0.503 e. The van der Waals surface area contributed by atoms with Crippen molar-refractivity contribution in [3.05, 3.63) is 0 Å². The van der Waals surface area contributed by atoms with Gasteiger partial charge in [0.2, 0.25) is 0 Å². The molecule has 0 aromatic carbocycles. The lowest BCUT2D eigenvalue weighted by Crippen LogP contribution is -2.36. The van der Waals surface area contributed by atoms with Crippen LogP contribution in [0.2, 0.25) is 0 Å². The molecule has 0 aliphatic heterocycles. The second kappa shape index (κ2) is 3.99. The van der Waals surface area contributed by atoms with E-state index in [0.29, 0.717) is 0 Å². The lowest BCUT2D eigenvalue weighted by atomic mass is 9.96. The Morgan fingerprint density at radius 3 is 1.92 bits per heavy atom. The highest BCUT2D eigenvalue weighted by Gasteiger charge is 2.38. The average Bonchev–Trinajstić information content (AvgIpc) is 1.98. The zero-order valence-electron chi connectivity index (χ0n) is 9.43. The summed E-state index contributed by atoms with van der Waals surface area (Å²) in [6.07, 6.45) is 0.829. The molecule has 0 aliphatic rings. The summed E-state index contributed by atoms with van der Waals surface area (Å²) >= 11 is 0. The summed E-state index contributed by atoms with van der Waals surface area (Å²) in [4.78, 5) is 0. The van der Waals surface area contributed by atoms with E-state index in [2.05, 4.69) is 4.58 Å². The molecule has 0 bridgehead atoms. The molecule has 0 radical (unpaired) electrons. The SMILES string of the molecule is CCC(C)(C)OC(=[O+][O-])C(C)(C)C. The highest BCUT2D eigenvalue weighted by Crippen LogP contribution is 2.22. The van der Waals surface area contributed by atoms with Crippen LogP contribution in [0.3, 0.4) is 0 Å². The van der Waals surface area contributed by atoms with E-state index in [4.69, 9.17) is 4.74 Å². The third-order valence-electron chi connectivity index (χ3n) is 1.91. The molecule has 0 spiro atoms. The molecule has 78 valence electrons. The van der Waals surface area contributed by atoms with Crippen LogP contribution in [-0.4, -0.2) is 11.6 Å². The van der Waals surface area contributed by atoms with Crippen molar-refractivity contribution >= 4 is 5.97 Å². The van der Waals surface area contributed by atoms with Crippen LogP contribution in [0.4, 0.5) is 0 Å². The second-order valence-corrected chi connectivity index (χ2v) is 4.84. The normalized spacial score (nSPS) is 14.5. The highest BCUT2D eigenvalue weighted by molar-refractivity contribution is 5.75. The molecule has 0 unspecified atom stereocenters. The number of hydrogen-bond donors (Lipinski definition) is 0. The predicted octanol–water partition coefficient (Wildman–Crippen LogP) is 1.58. The van der Waals surface area contributed by atoms with Crippen molar-refractivity contribution in [3.8, 4) is 0 Å². The zero-order chi connectivity index (χ0) is 10.7. The Kier molecular flexibility index (Phi) is 3.76. The van der Waals surface area contributed by atoms with Gasteiger partial charge in [0, 0.05) is 20.3 Å². The summed E-state index contributed by atoms with van der Waals surface area (Å²) in [6.45, 7) is 11.5. The van der Waals surface area contributed by atoms with E-state index in [1.54, 1.807) is 0 Å². The molecule has 3 heteroatoms. The summed E-state index contributed by atoms with van der Waals surface area (Å²) in [5.41, 5.74) is -0.707. The Bertz CT molecular complexity index is 187. The number of carbonyl (C=O) groups excluding carboxylic acids is 1. The lowest BCUT2D eigenvalue weighted by molar-refractivity contribution is -1.05. The largest absolute Gasteiger partial charge is 0.588 e. The van der Waals surface area contributed by atoms with Gasteiger partial charge in [-0.15, -0.1) is 0 Å². The van der Waals surface area contributed by atoms with Crippen LogP contribution in [0.25, 0.3) is 0 Å². The van der Waals surface area contributed by atoms with Gasteiger partial charge in [0.25, 0.3) is 0 Å². The minimum atomic E-state index is -0.367. The van der Waals surface area contributed by atoms with Crippen molar-refractivity contribution in [2.24, 2.45) is 5.41 Å². The first-order valence-electron chi connectivity index (χ1n) is 4.59. The molecule has 0 saturated carbocycles. The molecular weight excluding hydrogens is 168 g/mol. The summed E-state index contributed by atoms with van der Waals surface area (Å²) < 4.78 is 9.48. The minimum Gasteiger partial charge on any atom is -0.588 e. The van der Waals surface area contributed by atoms with Crippen LogP contribution < -0.4 is 5.26 Å². The van der Waals surface area contributed by atoms with Gasteiger partial charge in [-0.25, -0.2) is 0 Å². The van der Waals surface area contributed by atoms with Crippen molar-refractivity contribution in [2.45, 2.75) is 53.6 Å². The van der Waals surface area contributed by atoms with E-state index in [1.165, 1.54) is 0 Å². The van der Waals surface area contributed by atoms with Crippen molar-refractivity contribution in [1.29, 1.82) is 0 Å². The van der Waals surface area contributed by atoms with Gasteiger partial charge in [0.05, 0.1) is 0 Å². The van der Waals surface area contributed by atoms with Crippen LogP contribution in [0.5, 0.6) is 0 Å². The third kappa shape index (κ3) is 4.15. The summed E-state index contributed by atoms with van der Waals surface area (Å²) in [6, 6.07) is 0. The van der Waals surface area contributed by atoms with E-state index in [-0.39, 0.29) is 17.0 Å². The number of esters is 1. The van der Waals surface area contributed by atoms with Crippen LogP contribution >= 0.6 is 0 Å². The van der Waals surface area contributed by atoms with E-state index in [1.807, 2.05) is 41.5 Å². The topological polar surface area (TPSA) is 43.6 Å². The van der Waals surface area contributed by atoms with Gasteiger partial charge in [-0.3, -0.25) is 4.58 Å². The van der Waals surface area contributed by atoms with Gasteiger partial charge in [0.1, 0.15) is 5.41 Å². The fourth-order valence-corrected chi connectivity index (χ4v) is 0.618. The fraction of sp³-hybridized carbons (Fsp3) is 0.900. The average molecular weight is 188 g/mol. The number of hydrogen-bond acceptors (Lipinski definition) is 2. The predicted molar refractivity (Wildman–Crippen MR) is 49.9 cm³/mol. The first-order valence-corrected chi connectivity index (χ1v) is 4.59. The minimum absolute atomic E-state index is 0.152. The Hall–Kier alpha value is -0.730. The first kappa shape index (κ1) is 12.3. The molecule has 0 heterocycles. The Morgan fingerprint density at radius 1 is 1.23 bits per heavy atom. The molecule has 0 amide bonds. The van der Waals surface area contributed by atoms with Crippen molar-refractivity contribution in [3.63, 3.8) is 0 Å². The van der Waals surface area contributed by atoms with Crippen molar-refractivity contribution < 1.29 is 14.6 Å². The Labute approximate surface area is 80.3 Å². The van der Waals surface area contributed by atoms with Gasteiger partial charge in [-0.1, -0.05) is 6.92 Å². The molecule has 3 nitrogen and oxygen atoms in total. The monoisotopic (exact) mass is 188 g/mol. The molecule has 0 fully saturated rings. The van der Waals surface area contributed by atoms with E-state index in [9.17, 15) is 5.26 Å². The van der Waals surface area contributed by atoms with Gasteiger partial charge in [-0.2, -0.15) is 0 Å². The lowest BCUT2D eigenvalue weighted by Gasteiger charge is -2.20. The maximum atomic E-state index is 10.4. The molecule has 0 aliphatic carbocycles. The number of ether oxygens (including phenoxy) is 1. The second-order valence-electron chi connectivity index (χ2n) is 4.84. The van der Waals surface area contributed by atoms with Gasteiger partial charge in [-0.05, 0) is 20.8 Å². The maximum absolute atomic E-state index is 10.4. The highest BCUT2D eigenvalue weighted by atomic mass is 17.1. The molecule has 0 atom stereocenters. The van der Waals surface area contributed by atoms with Crippen molar-refractivity contribution in [1.82, 2.24) is 0 Å². The third-order valence-corrected chi connectivity index (χ3v) is 1.91. The van der Waals surface area contributed by atoms with Gasteiger partial charge < -0.3 is 9.99 Å². The summed E-state index contributed by atoms with van der Waals surface area (Å²) in [7, 11) is 0. The van der Waals surface area contributed by atoms with Crippen LogP contribution in [0.1, 0.15) is 48.0 Å². The Morgan fingerprint density at radius 2 is 1.69 bits per heavy atom. The van der Waals surface area contributed by atoms with Gasteiger partial charge >= 0.3 is 5.97 Å². The molecule has 0 aromatic rings. The Balaban J connectivity index is 4.51. The molecule has 0 aromatic heterocycles. The molecule has 0 N–H and O–H groups in total.